The molecule has 9 nitrogen and oxygen atoms in total. The molecule has 9 heteroatoms. The number of ether oxygens (including phenoxy) is 9. The Morgan fingerprint density at radius 3 is 1.35 bits per heavy atom. The maximum absolute atomic E-state index is 5.75. The number of hydrogen-bond donors (Lipinski definition) is 0. The van der Waals surface area contributed by atoms with Crippen LogP contribution in [-0.4, -0.2) is 96.6 Å². The minimum absolute atomic E-state index is 0.00621. The van der Waals surface area contributed by atoms with Crippen LogP contribution in [0.25, 0.3) is 0 Å². The molecule has 3 rings (SSSR count). The fourth-order valence-corrected chi connectivity index (χ4v) is 4.58. The van der Waals surface area contributed by atoms with Gasteiger partial charge in [-0.15, -0.1) is 0 Å². The van der Waals surface area contributed by atoms with Crippen LogP contribution in [0.2, 0.25) is 0 Å². The summed E-state index contributed by atoms with van der Waals surface area (Å²) in [5, 5.41) is 0. The van der Waals surface area contributed by atoms with Crippen molar-refractivity contribution in [2.45, 2.75) is 131 Å². The van der Waals surface area contributed by atoms with Crippen molar-refractivity contribution in [2.75, 3.05) is 59.5 Å². The van der Waals surface area contributed by atoms with Crippen LogP contribution in [0.4, 0.5) is 0 Å². The second kappa shape index (κ2) is 24.1. The van der Waals surface area contributed by atoms with Crippen LogP contribution in [-0.2, 0) is 42.6 Å². The summed E-state index contributed by atoms with van der Waals surface area (Å²) in [5.41, 5.74) is 0. The molecule has 0 radical (unpaired) electrons. The summed E-state index contributed by atoms with van der Waals surface area (Å²) in [4.78, 5) is 0. The van der Waals surface area contributed by atoms with Crippen LogP contribution < -0.4 is 0 Å². The Kier molecular flexibility index (Phi) is 22.7. The van der Waals surface area contributed by atoms with Gasteiger partial charge in [0.2, 0.25) is 0 Å². The molecule has 0 spiro atoms. The van der Waals surface area contributed by atoms with Crippen molar-refractivity contribution in [2.24, 2.45) is 11.8 Å². The molecule has 0 N–H and O–H groups in total. The van der Waals surface area contributed by atoms with Crippen LogP contribution in [0.15, 0.2) is 0 Å². The van der Waals surface area contributed by atoms with Gasteiger partial charge in [0, 0.05) is 31.7 Å². The monoisotopic (exact) mass is 578 g/mol. The van der Waals surface area contributed by atoms with Gasteiger partial charge in [-0.2, -0.15) is 0 Å². The summed E-state index contributed by atoms with van der Waals surface area (Å²) in [5.74, 6) is 0.968. The first-order valence-electron chi connectivity index (χ1n) is 16.0. The van der Waals surface area contributed by atoms with Crippen LogP contribution in [0.3, 0.4) is 0 Å². The second-order valence-corrected chi connectivity index (χ2v) is 10.7. The molecule has 0 aromatic heterocycles. The zero-order valence-electron chi connectivity index (χ0n) is 26.9. The first-order valence-corrected chi connectivity index (χ1v) is 16.0. The van der Waals surface area contributed by atoms with Crippen molar-refractivity contribution in [3.8, 4) is 0 Å². The van der Waals surface area contributed by atoms with E-state index in [2.05, 4.69) is 34.6 Å². The van der Waals surface area contributed by atoms with E-state index in [0.717, 1.165) is 39.1 Å². The lowest BCUT2D eigenvalue weighted by molar-refractivity contribution is -0.246. The molecular weight excluding hydrogens is 516 g/mol. The lowest BCUT2D eigenvalue weighted by Crippen LogP contribution is -2.40. The van der Waals surface area contributed by atoms with Crippen LogP contribution >= 0.6 is 0 Å². The maximum atomic E-state index is 5.75. The summed E-state index contributed by atoms with van der Waals surface area (Å²) < 4.78 is 49.5. The standard InChI is InChI=1S/C13H26O3.2C9H18O3/c1-4-7-8-11(5-2)13-15-9-12(10-16-13)14-6-3;1-4-10-8-5-11-9(7(2)3)12-6-8;1-3-5-9-11-6-8(7-12-9)10-4-2/h11-13H,4-10H2,1-3H3;7-9H,4-6H2,1-3H3;8-9H,3-7H2,1-2H3. The molecule has 40 heavy (non-hydrogen) atoms. The van der Waals surface area contributed by atoms with E-state index in [4.69, 9.17) is 42.6 Å². The molecule has 3 heterocycles. The molecule has 0 aliphatic carbocycles. The van der Waals surface area contributed by atoms with Gasteiger partial charge >= 0.3 is 0 Å². The summed E-state index contributed by atoms with van der Waals surface area (Å²) in [6.45, 7) is 22.9. The van der Waals surface area contributed by atoms with Crippen LogP contribution in [0, 0.1) is 11.8 Å². The Morgan fingerprint density at radius 2 is 1.00 bits per heavy atom. The van der Waals surface area contributed by atoms with Gasteiger partial charge in [-0.3, -0.25) is 0 Å². The predicted octanol–water partition coefficient (Wildman–Crippen LogP) is 5.97. The van der Waals surface area contributed by atoms with Gasteiger partial charge in [0.15, 0.2) is 18.9 Å². The van der Waals surface area contributed by atoms with Gasteiger partial charge in [-0.05, 0) is 40.0 Å². The molecular formula is C31H62O9. The molecule has 0 aromatic rings. The summed E-state index contributed by atoms with van der Waals surface area (Å²) >= 11 is 0. The average Bonchev–Trinajstić information content (AvgIpc) is 2.97. The summed E-state index contributed by atoms with van der Waals surface area (Å²) in [6.07, 6.45) is 7.28. The fraction of sp³-hybridized carbons (Fsp3) is 1.00. The zero-order valence-corrected chi connectivity index (χ0v) is 26.9. The van der Waals surface area contributed by atoms with E-state index in [1.807, 2.05) is 20.8 Å². The number of hydrogen-bond acceptors (Lipinski definition) is 9. The SMILES string of the molecule is CCCC1OCC(OCC)CO1.CCCCC(CC)C1OCC(OCC)CO1.CCOC1COC(C(C)C)OC1. The van der Waals surface area contributed by atoms with E-state index in [0.29, 0.717) is 51.5 Å². The van der Waals surface area contributed by atoms with Crippen LogP contribution in [0.1, 0.15) is 93.9 Å². The lowest BCUT2D eigenvalue weighted by atomic mass is 9.98. The highest BCUT2D eigenvalue weighted by atomic mass is 16.7. The fourth-order valence-electron chi connectivity index (χ4n) is 4.58. The van der Waals surface area contributed by atoms with Crippen molar-refractivity contribution < 1.29 is 42.6 Å². The molecule has 3 fully saturated rings. The van der Waals surface area contributed by atoms with Gasteiger partial charge in [0.1, 0.15) is 18.3 Å². The van der Waals surface area contributed by atoms with Crippen molar-refractivity contribution in [1.82, 2.24) is 0 Å². The van der Waals surface area contributed by atoms with Crippen molar-refractivity contribution in [3.05, 3.63) is 0 Å². The molecule has 0 bridgehead atoms. The van der Waals surface area contributed by atoms with Gasteiger partial charge in [0.25, 0.3) is 0 Å². The van der Waals surface area contributed by atoms with E-state index < -0.39 is 0 Å². The Morgan fingerprint density at radius 1 is 0.575 bits per heavy atom. The Hall–Kier alpha value is -0.360. The first kappa shape index (κ1) is 37.7. The largest absolute Gasteiger partial charge is 0.374 e. The number of unbranched alkanes of at least 4 members (excludes halogenated alkanes) is 1. The van der Waals surface area contributed by atoms with E-state index in [9.17, 15) is 0 Å². The molecule has 3 aliphatic rings. The Labute approximate surface area is 245 Å². The zero-order chi connectivity index (χ0) is 29.6. The minimum Gasteiger partial charge on any atom is -0.374 e. The second-order valence-electron chi connectivity index (χ2n) is 10.7. The number of rotatable bonds is 14. The highest BCUT2D eigenvalue weighted by molar-refractivity contribution is 4.69. The molecule has 3 saturated heterocycles. The minimum atomic E-state index is -0.0401. The van der Waals surface area contributed by atoms with Gasteiger partial charge in [-0.25, -0.2) is 0 Å². The van der Waals surface area contributed by atoms with E-state index >= 15 is 0 Å². The molecule has 0 saturated carbocycles. The highest BCUT2D eigenvalue weighted by Crippen LogP contribution is 2.23. The third kappa shape index (κ3) is 16.3. The first-order chi connectivity index (χ1) is 19.4. The Balaban J connectivity index is 0.000000305. The van der Waals surface area contributed by atoms with E-state index in [-0.39, 0.29) is 37.2 Å². The molecule has 0 aromatic carbocycles. The predicted molar refractivity (Wildman–Crippen MR) is 156 cm³/mol. The van der Waals surface area contributed by atoms with Crippen molar-refractivity contribution >= 4 is 0 Å². The third-order valence-electron chi connectivity index (χ3n) is 6.84. The topological polar surface area (TPSA) is 83.1 Å². The quantitative estimate of drug-likeness (QED) is 0.248. The molecule has 1 unspecified atom stereocenters. The van der Waals surface area contributed by atoms with Gasteiger partial charge < -0.3 is 42.6 Å². The lowest BCUT2D eigenvalue weighted by Gasteiger charge is -2.33. The summed E-state index contributed by atoms with van der Waals surface area (Å²) in [7, 11) is 0. The summed E-state index contributed by atoms with van der Waals surface area (Å²) in [6, 6.07) is 0. The normalized spacial score (nSPS) is 29.6. The molecule has 240 valence electrons. The molecule has 3 aliphatic heterocycles. The van der Waals surface area contributed by atoms with E-state index in [1.54, 1.807) is 0 Å². The average molecular weight is 579 g/mol. The van der Waals surface area contributed by atoms with Crippen molar-refractivity contribution in [3.63, 3.8) is 0 Å². The third-order valence-corrected chi connectivity index (χ3v) is 6.84. The van der Waals surface area contributed by atoms with Crippen LogP contribution in [0.5, 0.6) is 0 Å². The Bertz CT molecular complexity index is 527. The van der Waals surface area contributed by atoms with Gasteiger partial charge in [-0.1, -0.05) is 53.9 Å². The maximum Gasteiger partial charge on any atom is 0.160 e. The molecule has 0 amide bonds. The van der Waals surface area contributed by atoms with E-state index in [1.165, 1.54) is 19.3 Å². The molecule has 1 atom stereocenters. The highest BCUT2D eigenvalue weighted by Gasteiger charge is 2.28. The van der Waals surface area contributed by atoms with Crippen molar-refractivity contribution in [1.29, 1.82) is 0 Å². The smallest absolute Gasteiger partial charge is 0.160 e. The van der Waals surface area contributed by atoms with Gasteiger partial charge in [0.05, 0.1) is 39.6 Å².